The molecule has 170 valence electrons. The molecular weight excluding hydrogens is 422 g/mol. The lowest BCUT2D eigenvalue weighted by molar-refractivity contribution is -0.140. The van der Waals surface area contributed by atoms with Crippen LogP contribution in [0.15, 0.2) is 18.2 Å². The Bertz CT molecular complexity index is 842. The summed E-state index contributed by atoms with van der Waals surface area (Å²) in [5, 5.41) is 2.86. The third-order valence-corrected chi connectivity index (χ3v) is 5.86. The lowest BCUT2D eigenvalue weighted by atomic mass is 10.0. The van der Waals surface area contributed by atoms with Crippen LogP contribution in [0.5, 0.6) is 5.75 Å². The van der Waals surface area contributed by atoms with Crippen molar-refractivity contribution < 1.29 is 36.6 Å². The first-order valence-corrected chi connectivity index (χ1v) is 10.2. The molecule has 3 aliphatic rings. The first kappa shape index (κ1) is 21.7. The number of piperidine rings is 2. The maximum absolute atomic E-state index is 14.0. The van der Waals surface area contributed by atoms with Crippen LogP contribution in [0, 0.1) is 5.82 Å². The van der Waals surface area contributed by atoms with Crippen LogP contribution in [0.2, 0.25) is 0 Å². The number of benzene rings is 1. The first-order chi connectivity index (χ1) is 14.7. The molecule has 3 fully saturated rings. The monoisotopic (exact) mass is 445 g/mol. The molecule has 7 nitrogen and oxygen atoms in total. The van der Waals surface area contributed by atoms with Crippen molar-refractivity contribution in [1.82, 2.24) is 15.1 Å². The Balaban J connectivity index is 1.29. The lowest BCUT2D eigenvalue weighted by Gasteiger charge is -2.43. The van der Waals surface area contributed by atoms with Crippen molar-refractivity contribution in [1.29, 1.82) is 0 Å². The Kier molecular flexibility index (Phi) is 5.96. The van der Waals surface area contributed by atoms with E-state index in [1.807, 2.05) is 0 Å². The predicted octanol–water partition coefficient (Wildman–Crippen LogP) is 2.40. The Morgan fingerprint density at radius 3 is 2.52 bits per heavy atom. The minimum atomic E-state index is -4.62. The Hall–Kier alpha value is -2.56. The second-order valence-corrected chi connectivity index (χ2v) is 7.99. The van der Waals surface area contributed by atoms with Crippen molar-refractivity contribution in [2.45, 2.75) is 43.7 Å². The molecule has 1 N–H and O–H groups in total. The number of carbonyl (C=O) groups is 2. The summed E-state index contributed by atoms with van der Waals surface area (Å²) in [6.07, 6.45) is -3.58. The smallest absolute Gasteiger partial charge is 0.416 e. The number of morpholine rings is 1. The van der Waals surface area contributed by atoms with Gasteiger partial charge in [0.25, 0.3) is 0 Å². The Labute approximate surface area is 176 Å². The zero-order chi connectivity index (χ0) is 22.2. The fourth-order valence-corrected chi connectivity index (χ4v) is 4.19. The summed E-state index contributed by atoms with van der Waals surface area (Å²) in [4.78, 5) is 27.7. The van der Waals surface area contributed by atoms with E-state index in [2.05, 4.69) is 5.32 Å². The number of hydrogen-bond donors (Lipinski definition) is 1. The molecule has 0 saturated carbocycles. The van der Waals surface area contributed by atoms with E-state index in [4.69, 9.17) is 9.47 Å². The van der Waals surface area contributed by atoms with Gasteiger partial charge in [-0.25, -0.2) is 9.18 Å². The third kappa shape index (κ3) is 4.86. The molecule has 4 rings (SSSR count). The van der Waals surface area contributed by atoms with Crippen LogP contribution >= 0.6 is 0 Å². The average molecular weight is 445 g/mol. The van der Waals surface area contributed by atoms with Crippen molar-refractivity contribution in [3.63, 3.8) is 0 Å². The fourth-order valence-electron chi connectivity index (χ4n) is 4.19. The van der Waals surface area contributed by atoms with Gasteiger partial charge in [-0.2, -0.15) is 13.2 Å². The average Bonchev–Trinajstić information content (AvgIpc) is 2.74. The van der Waals surface area contributed by atoms with Crippen LogP contribution in [0.25, 0.3) is 0 Å². The predicted molar refractivity (Wildman–Crippen MR) is 99.9 cm³/mol. The van der Waals surface area contributed by atoms with E-state index < -0.39 is 23.7 Å². The van der Waals surface area contributed by atoms with Gasteiger partial charge in [0.15, 0.2) is 11.6 Å². The maximum Gasteiger partial charge on any atom is 0.416 e. The van der Waals surface area contributed by atoms with Gasteiger partial charge in [0.05, 0.1) is 17.7 Å². The van der Waals surface area contributed by atoms with E-state index in [9.17, 15) is 27.2 Å². The zero-order valence-electron chi connectivity index (χ0n) is 16.7. The quantitative estimate of drug-likeness (QED) is 0.710. The van der Waals surface area contributed by atoms with Gasteiger partial charge in [-0.1, -0.05) is 0 Å². The summed E-state index contributed by atoms with van der Waals surface area (Å²) in [7, 11) is 0. The van der Waals surface area contributed by atoms with Gasteiger partial charge in [-0.3, -0.25) is 4.79 Å². The normalized spacial score (nSPS) is 25.1. The number of likely N-dealkylation sites (tertiary alicyclic amines) is 2. The van der Waals surface area contributed by atoms with Gasteiger partial charge < -0.3 is 24.6 Å². The van der Waals surface area contributed by atoms with E-state index in [0.29, 0.717) is 51.5 Å². The molecule has 0 radical (unpaired) electrons. The van der Waals surface area contributed by atoms with Crippen molar-refractivity contribution >= 4 is 11.9 Å². The first-order valence-electron chi connectivity index (χ1n) is 10.2. The summed E-state index contributed by atoms with van der Waals surface area (Å²) in [5.41, 5.74) is -1.07. The molecule has 3 aliphatic heterocycles. The highest BCUT2D eigenvalue weighted by Gasteiger charge is 2.38. The van der Waals surface area contributed by atoms with Crippen molar-refractivity contribution in [2.24, 2.45) is 0 Å². The van der Waals surface area contributed by atoms with Gasteiger partial charge in [-0.05, 0) is 24.6 Å². The van der Waals surface area contributed by atoms with Crippen LogP contribution in [0.4, 0.5) is 22.4 Å². The second-order valence-electron chi connectivity index (χ2n) is 7.99. The largest absolute Gasteiger partial charge is 0.487 e. The minimum absolute atomic E-state index is 0.0438. The van der Waals surface area contributed by atoms with Crippen LogP contribution in [-0.2, 0) is 15.7 Å². The number of nitrogens with zero attached hydrogens (tertiary/aromatic N) is 2. The molecule has 3 amide bonds. The summed E-state index contributed by atoms with van der Waals surface area (Å²) in [6.45, 7) is 1.73. The highest BCUT2D eigenvalue weighted by Crippen LogP contribution is 2.32. The summed E-state index contributed by atoms with van der Waals surface area (Å²) in [6, 6.07) is 1.83. The molecular formula is C20H23F4N3O4. The molecule has 1 aromatic carbocycles. The number of ether oxygens (including phenoxy) is 2. The fraction of sp³-hybridized carbons (Fsp3) is 0.600. The zero-order valence-corrected chi connectivity index (χ0v) is 16.7. The van der Waals surface area contributed by atoms with E-state index >= 15 is 0 Å². The van der Waals surface area contributed by atoms with Crippen LogP contribution in [0.3, 0.4) is 0 Å². The van der Waals surface area contributed by atoms with Gasteiger partial charge in [0.1, 0.15) is 12.7 Å². The van der Waals surface area contributed by atoms with E-state index in [0.717, 1.165) is 12.1 Å². The van der Waals surface area contributed by atoms with Crippen LogP contribution < -0.4 is 10.1 Å². The van der Waals surface area contributed by atoms with Crippen LogP contribution in [-0.4, -0.2) is 72.8 Å². The van der Waals surface area contributed by atoms with Crippen molar-refractivity contribution in [3.8, 4) is 5.75 Å². The molecule has 31 heavy (non-hydrogen) atoms. The van der Waals surface area contributed by atoms with Gasteiger partial charge in [0.2, 0.25) is 5.91 Å². The molecule has 2 atom stereocenters. The summed E-state index contributed by atoms with van der Waals surface area (Å²) < 4.78 is 63.1. The SMILES string of the molecule is O=C1CO[C@H]2CCN(C(=O)N3CCC(Oc4ccc(C(F)(F)F)cc4F)CC3)C[C@H]2N1. The number of carbonyl (C=O) groups excluding carboxylic acids is 2. The summed E-state index contributed by atoms with van der Waals surface area (Å²) >= 11 is 0. The molecule has 0 aliphatic carbocycles. The Morgan fingerprint density at radius 1 is 1.13 bits per heavy atom. The molecule has 3 heterocycles. The number of nitrogens with one attached hydrogen (secondary N) is 1. The van der Waals surface area contributed by atoms with Crippen molar-refractivity contribution in [3.05, 3.63) is 29.6 Å². The van der Waals surface area contributed by atoms with Gasteiger partial charge in [0, 0.05) is 39.0 Å². The highest BCUT2D eigenvalue weighted by atomic mass is 19.4. The Morgan fingerprint density at radius 2 is 1.84 bits per heavy atom. The standard InChI is InChI=1S/C20H23F4N3O4/c21-14-9-12(20(22,23)24)1-2-16(14)31-13-3-6-26(7-4-13)19(29)27-8-5-17-15(10-27)25-18(28)11-30-17/h1-2,9,13,15,17H,3-8,10-11H2,(H,25,28)/t15-,17+/m1/s1. The number of fused-ring (bicyclic) bond motifs is 1. The van der Waals surface area contributed by atoms with Crippen LogP contribution in [0.1, 0.15) is 24.8 Å². The highest BCUT2D eigenvalue weighted by molar-refractivity contribution is 5.79. The van der Waals surface area contributed by atoms with E-state index in [1.165, 1.54) is 0 Å². The molecule has 0 unspecified atom stereocenters. The van der Waals surface area contributed by atoms with Crippen molar-refractivity contribution in [2.75, 3.05) is 32.8 Å². The number of halogens is 4. The number of hydrogen-bond acceptors (Lipinski definition) is 4. The molecule has 0 aromatic heterocycles. The van der Waals surface area contributed by atoms with Gasteiger partial charge >= 0.3 is 12.2 Å². The number of urea groups is 1. The van der Waals surface area contributed by atoms with E-state index in [1.54, 1.807) is 9.80 Å². The number of alkyl halides is 3. The minimum Gasteiger partial charge on any atom is -0.487 e. The third-order valence-electron chi connectivity index (χ3n) is 5.86. The van der Waals surface area contributed by atoms with Gasteiger partial charge in [-0.15, -0.1) is 0 Å². The van der Waals surface area contributed by atoms with E-state index in [-0.39, 0.29) is 36.4 Å². The second kappa shape index (κ2) is 8.52. The molecule has 11 heteroatoms. The maximum atomic E-state index is 14.0. The summed E-state index contributed by atoms with van der Waals surface area (Å²) in [5.74, 6) is -1.48. The molecule has 1 aromatic rings. The molecule has 0 spiro atoms. The molecule has 3 saturated heterocycles. The lowest BCUT2D eigenvalue weighted by Crippen LogP contribution is -2.62. The number of rotatable bonds is 2. The topological polar surface area (TPSA) is 71.1 Å². The number of amides is 3. The molecule has 0 bridgehead atoms.